The molecule has 1 aromatic carbocycles. The Morgan fingerprint density at radius 3 is 3.05 bits per heavy atom. The highest BCUT2D eigenvalue weighted by Gasteiger charge is 2.32. The second-order valence-electron chi connectivity index (χ2n) is 4.77. The highest BCUT2D eigenvalue weighted by atomic mass is 16.6. The van der Waals surface area contributed by atoms with E-state index in [0.29, 0.717) is 13.2 Å². The van der Waals surface area contributed by atoms with Crippen molar-refractivity contribution < 1.29 is 14.3 Å². The van der Waals surface area contributed by atoms with Crippen LogP contribution in [0.25, 0.3) is 0 Å². The lowest BCUT2D eigenvalue weighted by atomic mass is 10.0. The van der Waals surface area contributed by atoms with E-state index in [1.807, 2.05) is 23.1 Å². The van der Waals surface area contributed by atoms with E-state index in [-0.39, 0.29) is 11.9 Å². The zero-order valence-electron chi connectivity index (χ0n) is 10.8. The van der Waals surface area contributed by atoms with Crippen molar-refractivity contribution in [3.8, 4) is 11.5 Å². The number of hydrogen-bond acceptors (Lipinski definition) is 3. The maximum absolute atomic E-state index is 11.9. The molecule has 1 saturated heterocycles. The van der Waals surface area contributed by atoms with Gasteiger partial charge in [-0.05, 0) is 25.0 Å². The number of hydrogen-bond donors (Lipinski definition) is 0. The first-order valence-electron chi connectivity index (χ1n) is 6.63. The lowest BCUT2D eigenvalue weighted by Crippen LogP contribution is -2.29. The van der Waals surface area contributed by atoms with Gasteiger partial charge in [0.2, 0.25) is 5.91 Å². The Hall–Kier alpha value is -1.97. The SMILES string of the molecule is C=CC(=O)N1CCC[C@H]1c1cccc2c1OCCO2. The van der Waals surface area contributed by atoms with E-state index in [2.05, 4.69) is 6.58 Å². The first-order valence-corrected chi connectivity index (χ1v) is 6.63. The molecule has 1 amide bonds. The molecule has 100 valence electrons. The second-order valence-corrected chi connectivity index (χ2v) is 4.77. The van der Waals surface area contributed by atoms with Crippen molar-refractivity contribution in [2.24, 2.45) is 0 Å². The molecule has 19 heavy (non-hydrogen) atoms. The summed E-state index contributed by atoms with van der Waals surface area (Å²) < 4.78 is 11.3. The number of amides is 1. The maximum Gasteiger partial charge on any atom is 0.246 e. The van der Waals surface area contributed by atoms with Gasteiger partial charge in [-0.25, -0.2) is 0 Å². The van der Waals surface area contributed by atoms with E-state index < -0.39 is 0 Å². The molecule has 0 aromatic heterocycles. The minimum absolute atomic E-state index is 0.0168. The number of nitrogens with zero attached hydrogens (tertiary/aromatic N) is 1. The molecule has 1 fully saturated rings. The van der Waals surface area contributed by atoms with E-state index >= 15 is 0 Å². The number of carbonyl (C=O) groups is 1. The molecular formula is C15H17NO3. The third-order valence-electron chi connectivity index (χ3n) is 3.67. The lowest BCUT2D eigenvalue weighted by Gasteiger charge is -2.28. The molecule has 1 aromatic rings. The third-order valence-corrected chi connectivity index (χ3v) is 3.67. The summed E-state index contributed by atoms with van der Waals surface area (Å²) in [5, 5.41) is 0. The fourth-order valence-corrected chi connectivity index (χ4v) is 2.83. The van der Waals surface area contributed by atoms with Crippen LogP contribution in [0.2, 0.25) is 0 Å². The minimum Gasteiger partial charge on any atom is -0.486 e. The van der Waals surface area contributed by atoms with Crippen LogP contribution in [0.1, 0.15) is 24.4 Å². The number of fused-ring (bicyclic) bond motifs is 1. The van der Waals surface area contributed by atoms with Crippen LogP contribution >= 0.6 is 0 Å². The van der Waals surface area contributed by atoms with Crippen molar-refractivity contribution in [2.75, 3.05) is 19.8 Å². The summed E-state index contributed by atoms with van der Waals surface area (Å²) in [6.45, 7) is 5.49. The van der Waals surface area contributed by atoms with Crippen LogP contribution in [-0.4, -0.2) is 30.6 Å². The van der Waals surface area contributed by atoms with Gasteiger partial charge >= 0.3 is 0 Å². The zero-order valence-corrected chi connectivity index (χ0v) is 10.8. The molecule has 0 bridgehead atoms. The van der Waals surface area contributed by atoms with Gasteiger partial charge in [-0.15, -0.1) is 0 Å². The molecule has 0 N–H and O–H groups in total. The minimum atomic E-state index is -0.0168. The van der Waals surface area contributed by atoms with Crippen molar-refractivity contribution in [1.82, 2.24) is 4.90 Å². The average Bonchev–Trinajstić information content (AvgIpc) is 2.95. The first-order chi connectivity index (χ1) is 9.31. The topological polar surface area (TPSA) is 38.8 Å². The van der Waals surface area contributed by atoms with E-state index in [4.69, 9.17) is 9.47 Å². The summed E-state index contributed by atoms with van der Waals surface area (Å²) in [4.78, 5) is 13.8. The van der Waals surface area contributed by atoms with Crippen LogP contribution < -0.4 is 9.47 Å². The largest absolute Gasteiger partial charge is 0.486 e. The number of benzene rings is 1. The Bertz CT molecular complexity index is 512. The van der Waals surface area contributed by atoms with Crippen molar-refractivity contribution >= 4 is 5.91 Å². The molecule has 0 radical (unpaired) electrons. The third kappa shape index (κ3) is 2.07. The number of para-hydroxylation sites is 1. The van der Waals surface area contributed by atoms with Gasteiger partial charge in [0.25, 0.3) is 0 Å². The standard InChI is InChI=1S/C15H17NO3/c1-2-14(17)16-8-4-6-12(16)11-5-3-7-13-15(11)19-10-9-18-13/h2-3,5,7,12H,1,4,6,8-10H2/t12-/m0/s1. The zero-order chi connectivity index (χ0) is 13.2. The van der Waals surface area contributed by atoms with Crippen molar-refractivity contribution in [3.63, 3.8) is 0 Å². The molecule has 4 heteroatoms. The van der Waals surface area contributed by atoms with Crippen LogP contribution in [0.15, 0.2) is 30.9 Å². The number of carbonyl (C=O) groups excluding carboxylic acids is 1. The van der Waals surface area contributed by atoms with Gasteiger partial charge in [0, 0.05) is 12.1 Å². The summed E-state index contributed by atoms with van der Waals surface area (Å²) in [5.41, 5.74) is 1.05. The molecule has 0 saturated carbocycles. The van der Waals surface area contributed by atoms with Crippen molar-refractivity contribution in [2.45, 2.75) is 18.9 Å². The summed E-state index contributed by atoms with van der Waals surface area (Å²) in [6, 6.07) is 5.96. The molecular weight excluding hydrogens is 242 g/mol. The molecule has 2 heterocycles. The van der Waals surface area contributed by atoms with Crippen LogP contribution in [0.4, 0.5) is 0 Å². The summed E-state index contributed by atoms with van der Waals surface area (Å²) >= 11 is 0. The lowest BCUT2D eigenvalue weighted by molar-refractivity contribution is -0.126. The van der Waals surface area contributed by atoms with E-state index in [9.17, 15) is 4.79 Å². The van der Waals surface area contributed by atoms with Crippen molar-refractivity contribution in [3.05, 3.63) is 36.4 Å². The molecule has 0 aliphatic carbocycles. The van der Waals surface area contributed by atoms with Gasteiger partial charge in [-0.1, -0.05) is 18.7 Å². The van der Waals surface area contributed by atoms with Gasteiger partial charge in [-0.3, -0.25) is 4.79 Å². The molecule has 4 nitrogen and oxygen atoms in total. The van der Waals surface area contributed by atoms with Crippen LogP contribution in [0.5, 0.6) is 11.5 Å². The Balaban J connectivity index is 1.97. The summed E-state index contributed by atoms with van der Waals surface area (Å²) in [7, 11) is 0. The Kier molecular flexibility index (Phi) is 3.15. The summed E-state index contributed by atoms with van der Waals surface area (Å²) in [6.07, 6.45) is 3.35. The van der Waals surface area contributed by atoms with Gasteiger partial charge in [-0.2, -0.15) is 0 Å². The fraction of sp³-hybridized carbons (Fsp3) is 0.400. The molecule has 1 atom stereocenters. The predicted octanol–water partition coefficient (Wildman–Crippen LogP) is 2.31. The molecule has 2 aliphatic heterocycles. The maximum atomic E-state index is 11.9. The van der Waals surface area contributed by atoms with E-state index in [1.165, 1.54) is 6.08 Å². The summed E-state index contributed by atoms with van der Waals surface area (Å²) in [5.74, 6) is 1.56. The first kappa shape index (κ1) is 12.1. The Morgan fingerprint density at radius 2 is 2.21 bits per heavy atom. The monoisotopic (exact) mass is 259 g/mol. The van der Waals surface area contributed by atoms with Gasteiger partial charge < -0.3 is 14.4 Å². The molecule has 0 unspecified atom stereocenters. The van der Waals surface area contributed by atoms with Gasteiger partial charge in [0.1, 0.15) is 13.2 Å². The number of rotatable bonds is 2. The second kappa shape index (κ2) is 4.96. The normalized spacial score (nSPS) is 21.3. The van der Waals surface area contributed by atoms with E-state index in [1.54, 1.807) is 0 Å². The van der Waals surface area contributed by atoms with E-state index in [0.717, 1.165) is 36.4 Å². The van der Waals surface area contributed by atoms with Gasteiger partial charge in [0.05, 0.1) is 6.04 Å². The highest BCUT2D eigenvalue weighted by Crippen LogP contribution is 2.42. The van der Waals surface area contributed by atoms with Crippen LogP contribution in [0, 0.1) is 0 Å². The quantitative estimate of drug-likeness (QED) is 0.765. The number of ether oxygens (including phenoxy) is 2. The fourth-order valence-electron chi connectivity index (χ4n) is 2.83. The molecule has 2 aliphatic rings. The highest BCUT2D eigenvalue weighted by molar-refractivity contribution is 5.87. The van der Waals surface area contributed by atoms with Crippen molar-refractivity contribution in [1.29, 1.82) is 0 Å². The molecule has 0 spiro atoms. The van der Waals surface area contributed by atoms with Crippen LogP contribution in [0.3, 0.4) is 0 Å². The van der Waals surface area contributed by atoms with Gasteiger partial charge in [0.15, 0.2) is 11.5 Å². The molecule has 3 rings (SSSR count). The van der Waals surface area contributed by atoms with Crippen LogP contribution in [-0.2, 0) is 4.79 Å². The smallest absolute Gasteiger partial charge is 0.246 e. The Morgan fingerprint density at radius 1 is 1.37 bits per heavy atom. The number of likely N-dealkylation sites (tertiary alicyclic amines) is 1. The Labute approximate surface area is 112 Å². The predicted molar refractivity (Wildman–Crippen MR) is 71.3 cm³/mol. The average molecular weight is 259 g/mol.